The van der Waals surface area contributed by atoms with E-state index in [2.05, 4.69) is 9.71 Å². The highest BCUT2D eigenvalue weighted by Gasteiger charge is 2.16. The minimum Gasteiger partial charge on any atom is -0.245 e. The molecule has 0 radical (unpaired) electrons. The number of aromatic nitrogens is 1. The number of thiazole rings is 1. The van der Waals surface area contributed by atoms with Crippen LogP contribution in [0.15, 0.2) is 28.5 Å². The molecule has 8 heteroatoms. The molecule has 1 aromatic heterocycles. The van der Waals surface area contributed by atoms with E-state index in [1.165, 1.54) is 11.3 Å². The largest absolute Gasteiger partial charge is 0.245 e. The van der Waals surface area contributed by atoms with Crippen molar-refractivity contribution in [1.82, 2.24) is 9.71 Å². The van der Waals surface area contributed by atoms with Gasteiger partial charge in [-0.3, -0.25) is 0 Å². The van der Waals surface area contributed by atoms with E-state index in [-0.39, 0.29) is 17.0 Å². The number of halogens is 1. The second-order valence-electron chi connectivity index (χ2n) is 3.96. The van der Waals surface area contributed by atoms with Crippen molar-refractivity contribution in [2.75, 3.05) is 0 Å². The van der Waals surface area contributed by atoms with Gasteiger partial charge in [-0.25, -0.2) is 22.5 Å². The van der Waals surface area contributed by atoms with E-state index in [1.54, 1.807) is 6.07 Å². The maximum atomic E-state index is 13.2. The molecule has 1 N–H and O–H groups in total. The maximum absolute atomic E-state index is 13.2. The summed E-state index contributed by atoms with van der Waals surface area (Å²) in [5.41, 5.74) is 0.510. The van der Waals surface area contributed by atoms with Crippen LogP contribution in [0, 0.1) is 24.1 Å². The molecule has 0 aliphatic heterocycles. The van der Waals surface area contributed by atoms with Gasteiger partial charge in [0, 0.05) is 11.1 Å². The van der Waals surface area contributed by atoms with Gasteiger partial charge in [-0.15, -0.1) is 11.3 Å². The number of hydrogen-bond acceptors (Lipinski definition) is 5. The fraction of sp³-hybridized carbons (Fsp3) is 0.167. The predicted octanol–water partition coefficient (Wildman–Crippen LogP) is 1.94. The van der Waals surface area contributed by atoms with Crippen LogP contribution < -0.4 is 4.72 Å². The number of sulfonamides is 1. The van der Waals surface area contributed by atoms with Gasteiger partial charge in [-0.2, -0.15) is 5.26 Å². The molecule has 0 aliphatic rings. The lowest BCUT2D eigenvalue weighted by Gasteiger charge is -2.05. The summed E-state index contributed by atoms with van der Waals surface area (Å²) in [5, 5.41) is 11.2. The molecule has 20 heavy (non-hydrogen) atoms. The normalized spacial score (nSPS) is 11.2. The van der Waals surface area contributed by atoms with Crippen molar-refractivity contribution in [2.24, 2.45) is 0 Å². The van der Waals surface area contributed by atoms with Crippen molar-refractivity contribution in [3.63, 3.8) is 0 Å². The number of rotatable bonds is 4. The van der Waals surface area contributed by atoms with Gasteiger partial charge in [0.05, 0.1) is 17.0 Å². The second kappa shape index (κ2) is 5.66. The second-order valence-corrected chi connectivity index (χ2v) is 6.67. The van der Waals surface area contributed by atoms with Crippen LogP contribution in [0.5, 0.6) is 0 Å². The first-order valence-electron chi connectivity index (χ1n) is 5.53. The van der Waals surface area contributed by atoms with E-state index >= 15 is 0 Å². The van der Waals surface area contributed by atoms with E-state index in [0.717, 1.165) is 23.9 Å². The van der Waals surface area contributed by atoms with E-state index in [9.17, 15) is 12.8 Å². The molecule has 1 aromatic carbocycles. The highest BCUT2D eigenvalue weighted by atomic mass is 32.2. The summed E-state index contributed by atoms with van der Waals surface area (Å²) >= 11 is 1.35. The number of benzene rings is 1. The topological polar surface area (TPSA) is 82.9 Å². The standard InChI is InChI=1S/C12H10FN3O2S2/c1-8-7-19-12(16-8)6-15-20(17,18)10-2-3-11(13)9(4-10)5-14/h2-4,7,15H,6H2,1H3. The van der Waals surface area contributed by atoms with Crippen LogP contribution >= 0.6 is 11.3 Å². The summed E-state index contributed by atoms with van der Waals surface area (Å²) in [4.78, 5) is 3.99. The number of aryl methyl sites for hydroxylation is 1. The first-order chi connectivity index (χ1) is 9.42. The van der Waals surface area contributed by atoms with Gasteiger partial charge >= 0.3 is 0 Å². The zero-order chi connectivity index (χ0) is 14.8. The molecule has 2 aromatic rings. The van der Waals surface area contributed by atoms with E-state index in [4.69, 9.17) is 5.26 Å². The van der Waals surface area contributed by atoms with Crippen LogP contribution in [-0.2, 0) is 16.6 Å². The third-order valence-electron chi connectivity index (χ3n) is 2.45. The Kier molecular flexibility index (Phi) is 4.13. The SMILES string of the molecule is Cc1csc(CNS(=O)(=O)c2ccc(F)c(C#N)c2)n1. The molecule has 0 atom stereocenters. The Labute approximate surface area is 119 Å². The zero-order valence-corrected chi connectivity index (χ0v) is 12.1. The summed E-state index contributed by atoms with van der Waals surface area (Å²) in [6, 6.07) is 4.69. The first-order valence-corrected chi connectivity index (χ1v) is 7.89. The Morgan fingerprint density at radius 1 is 1.50 bits per heavy atom. The molecular weight excluding hydrogens is 301 g/mol. The molecule has 5 nitrogen and oxygen atoms in total. The maximum Gasteiger partial charge on any atom is 0.240 e. The third kappa shape index (κ3) is 3.19. The summed E-state index contributed by atoms with van der Waals surface area (Å²) in [7, 11) is -3.80. The molecular formula is C12H10FN3O2S2. The Morgan fingerprint density at radius 2 is 2.25 bits per heavy atom. The molecule has 0 bridgehead atoms. The fourth-order valence-corrected chi connectivity index (χ4v) is 3.30. The average Bonchev–Trinajstić information content (AvgIpc) is 2.83. The van der Waals surface area contributed by atoms with Gasteiger partial charge in [0.15, 0.2) is 0 Å². The lowest BCUT2D eigenvalue weighted by Crippen LogP contribution is -2.23. The van der Waals surface area contributed by atoms with Crippen LogP contribution in [0.2, 0.25) is 0 Å². The van der Waals surface area contributed by atoms with Gasteiger partial charge in [-0.05, 0) is 25.1 Å². The molecule has 0 saturated carbocycles. The lowest BCUT2D eigenvalue weighted by atomic mass is 10.2. The molecule has 0 amide bonds. The Bertz CT molecular complexity index is 778. The minimum atomic E-state index is -3.80. The Hall–Kier alpha value is -1.82. The molecule has 0 spiro atoms. The van der Waals surface area contributed by atoms with Crippen molar-refractivity contribution in [2.45, 2.75) is 18.4 Å². The van der Waals surface area contributed by atoms with Crippen LogP contribution in [0.25, 0.3) is 0 Å². The van der Waals surface area contributed by atoms with Crippen molar-refractivity contribution < 1.29 is 12.8 Å². The molecule has 0 fully saturated rings. The van der Waals surface area contributed by atoms with E-state index in [0.29, 0.717) is 5.01 Å². The number of nitrogens with zero attached hydrogens (tertiary/aromatic N) is 2. The summed E-state index contributed by atoms with van der Waals surface area (Å²) in [6.07, 6.45) is 0. The van der Waals surface area contributed by atoms with Gasteiger partial charge in [0.2, 0.25) is 10.0 Å². The van der Waals surface area contributed by atoms with Crippen LogP contribution in [0.3, 0.4) is 0 Å². The van der Waals surface area contributed by atoms with Crippen molar-refractivity contribution in [3.05, 3.63) is 45.7 Å². The molecule has 2 rings (SSSR count). The van der Waals surface area contributed by atoms with Crippen molar-refractivity contribution in [3.8, 4) is 6.07 Å². The van der Waals surface area contributed by atoms with Gasteiger partial charge in [0.25, 0.3) is 0 Å². The van der Waals surface area contributed by atoms with Gasteiger partial charge in [-0.1, -0.05) is 0 Å². The fourth-order valence-electron chi connectivity index (χ4n) is 1.48. The molecule has 0 aliphatic carbocycles. The third-order valence-corrected chi connectivity index (χ3v) is 4.81. The highest BCUT2D eigenvalue weighted by Crippen LogP contribution is 2.15. The zero-order valence-electron chi connectivity index (χ0n) is 10.4. The quantitative estimate of drug-likeness (QED) is 0.935. The van der Waals surface area contributed by atoms with Crippen LogP contribution in [-0.4, -0.2) is 13.4 Å². The molecule has 0 saturated heterocycles. The Morgan fingerprint density at radius 3 is 2.85 bits per heavy atom. The lowest BCUT2D eigenvalue weighted by molar-refractivity contribution is 0.580. The average molecular weight is 311 g/mol. The first kappa shape index (κ1) is 14.6. The summed E-state index contributed by atoms with van der Waals surface area (Å²) in [5.74, 6) is -0.748. The predicted molar refractivity (Wildman–Crippen MR) is 72.0 cm³/mol. The molecule has 1 heterocycles. The highest BCUT2D eigenvalue weighted by molar-refractivity contribution is 7.89. The number of nitrogens with one attached hydrogen (secondary N) is 1. The molecule has 0 unspecified atom stereocenters. The van der Waals surface area contributed by atoms with E-state index < -0.39 is 15.8 Å². The van der Waals surface area contributed by atoms with E-state index in [1.807, 2.05) is 12.3 Å². The summed E-state index contributed by atoms with van der Waals surface area (Å²) < 4.78 is 39.6. The molecule has 104 valence electrons. The van der Waals surface area contributed by atoms with Gasteiger partial charge < -0.3 is 0 Å². The number of nitriles is 1. The van der Waals surface area contributed by atoms with Crippen LogP contribution in [0.4, 0.5) is 4.39 Å². The van der Waals surface area contributed by atoms with Crippen LogP contribution in [0.1, 0.15) is 16.3 Å². The van der Waals surface area contributed by atoms with Crippen molar-refractivity contribution >= 4 is 21.4 Å². The monoisotopic (exact) mass is 311 g/mol. The van der Waals surface area contributed by atoms with Crippen molar-refractivity contribution in [1.29, 1.82) is 5.26 Å². The smallest absolute Gasteiger partial charge is 0.240 e. The Balaban J connectivity index is 2.20. The number of hydrogen-bond donors (Lipinski definition) is 1. The summed E-state index contributed by atoms with van der Waals surface area (Å²) in [6.45, 7) is 1.87. The van der Waals surface area contributed by atoms with Gasteiger partial charge in [0.1, 0.15) is 16.9 Å². The minimum absolute atomic E-state index is 0.0557.